The molecule has 4 aromatic heterocycles. The zero-order valence-electron chi connectivity index (χ0n) is 42.2. The first-order chi connectivity index (χ1) is 39.1. The molecule has 0 bridgehead atoms. The highest BCUT2D eigenvalue weighted by atomic mass is 32.1. The van der Waals surface area contributed by atoms with Gasteiger partial charge in [0.15, 0.2) is 34.9 Å². The van der Waals surface area contributed by atoms with Crippen molar-refractivity contribution in [3.8, 4) is 106 Å². The van der Waals surface area contributed by atoms with Crippen molar-refractivity contribution in [2.45, 2.75) is 0 Å². The van der Waals surface area contributed by atoms with Gasteiger partial charge in [0, 0.05) is 84.7 Å². The van der Waals surface area contributed by atoms with Crippen LogP contribution in [0.2, 0.25) is 0 Å². The van der Waals surface area contributed by atoms with Gasteiger partial charge >= 0.3 is 0 Å². The van der Waals surface area contributed by atoms with Crippen molar-refractivity contribution in [3.63, 3.8) is 0 Å². The van der Waals surface area contributed by atoms with E-state index in [1.54, 1.807) is 11.3 Å². The van der Waals surface area contributed by atoms with Gasteiger partial charge in [0.1, 0.15) is 27.1 Å². The summed E-state index contributed by atoms with van der Waals surface area (Å²) < 4.78 is 2.33. The van der Waals surface area contributed by atoms with Crippen LogP contribution in [0.15, 0.2) is 255 Å². The Kier molecular flexibility index (Phi) is 11.2. The van der Waals surface area contributed by atoms with Gasteiger partial charge < -0.3 is 4.57 Å². The van der Waals surface area contributed by atoms with Crippen molar-refractivity contribution in [2.24, 2.45) is 0 Å². The second-order valence-electron chi connectivity index (χ2n) is 19.4. The summed E-state index contributed by atoms with van der Waals surface area (Å²) in [6.45, 7) is 0. The van der Waals surface area contributed by atoms with Gasteiger partial charge in [0.05, 0.1) is 16.6 Å². The number of benzene rings is 10. The molecule has 14 aromatic rings. The molecule has 1 aliphatic rings. The zero-order chi connectivity index (χ0) is 52.2. The Bertz CT molecular complexity index is 4500. The molecule has 0 amide bonds. The summed E-state index contributed by atoms with van der Waals surface area (Å²) >= 11 is 1.60. The van der Waals surface area contributed by atoms with Crippen molar-refractivity contribution in [2.75, 3.05) is 0 Å². The average molecular weight is 1030 g/mol. The van der Waals surface area contributed by atoms with E-state index in [4.69, 9.17) is 40.1 Å². The summed E-state index contributed by atoms with van der Waals surface area (Å²) in [5.74, 6) is 3.72. The number of fused-ring (bicyclic) bond motifs is 6. The van der Waals surface area contributed by atoms with Gasteiger partial charge in [-0.25, -0.2) is 34.8 Å². The molecule has 1 unspecified atom stereocenters. The Labute approximate surface area is 458 Å². The van der Waals surface area contributed by atoms with E-state index in [2.05, 4.69) is 138 Å². The number of para-hydroxylation sites is 2. The Morgan fingerprint density at radius 1 is 0.291 bits per heavy atom. The number of aromatic nitrogens is 9. The first kappa shape index (κ1) is 45.9. The minimum Gasteiger partial charge on any atom is -0.309 e. The third kappa shape index (κ3) is 8.34. The van der Waals surface area contributed by atoms with E-state index in [0.29, 0.717) is 34.9 Å². The highest BCUT2D eigenvalue weighted by Crippen LogP contribution is 2.43. The van der Waals surface area contributed by atoms with E-state index in [1.165, 1.54) is 11.3 Å². The van der Waals surface area contributed by atoms with Crippen molar-refractivity contribution >= 4 is 50.2 Å². The van der Waals surface area contributed by atoms with Crippen molar-refractivity contribution in [1.29, 1.82) is 0 Å². The topological polar surface area (TPSA) is 112 Å². The van der Waals surface area contributed by atoms with Crippen LogP contribution in [0.1, 0.15) is 0 Å². The molecule has 1 N–H and O–H groups in total. The minimum atomic E-state index is 0.600. The van der Waals surface area contributed by atoms with Crippen molar-refractivity contribution < 1.29 is 4.90 Å². The predicted octanol–water partition coefficient (Wildman–Crippen LogP) is 15.5. The second-order valence-corrected chi connectivity index (χ2v) is 20.4. The lowest BCUT2D eigenvalue weighted by molar-refractivity contribution is -0.677. The maximum atomic E-state index is 5.06. The van der Waals surface area contributed by atoms with Crippen LogP contribution in [0.25, 0.3) is 128 Å². The molecule has 15 rings (SSSR count). The Morgan fingerprint density at radius 2 is 0.734 bits per heavy atom. The predicted molar refractivity (Wildman–Crippen MR) is 316 cm³/mol. The fourth-order valence-electron chi connectivity index (χ4n) is 10.8. The number of nitrogens with zero attached hydrogens (tertiary/aromatic N) is 9. The van der Waals surface area contributed by atoms with E-state index in [9.17, 15) is 0 Å². The van der Waals surface area contributed by atoms with Gasteiger partial charge in [-0.15, -0.1) is 10.2 Å². The summed E-state index contributed by atoms with van der Waals surface area (Å²) in [6.07, 6.45) is 0. The highest BCUT2D eigenvalue weighted by Gasteiger charge is 2.34. The lowest BCUT2D eigenvalue weighted by Crippen LogP contribution is -2.95. The SMILES string of the molecule is c1ccc(-c2nc(-c3ccccc3)nc(-c3cccc(-n4c5ccccc5c5ccc(-c6nnc(-c7ccc8c(c7)-c7ccccc7[NH+]8c7cccc(-c8nc(-c9ccccc9)nc(-c9ccccc9)n8)c7)s6)cc54)c3)n2)cc1. The molecule has 79 heavy (non-hydrogen) atoms. The second kappa shape index (κ2) is 19.3. The number of rotatable bonds is 10. The third-order valence-corrected chi connectivity index (χ3v) is 15.6. The van der Waals surface area contributed by atoms with Crippen molar-refractivity contribution in [3.05, 3.63) is 255 Å². The molecule has 0 aliphatic carbocycles. The third-order valence-electron chi connectivity index (χ3n) is 14.5. The molecule has 1 aliphatic heterocycles. The van der Waals surface area contributed by atoms with Gasteiger partial charge in [-0.05, 0) is 48.5 Å². The van der Waals surface area contributed by atoms with E-state index < -0.39 is 0 Å². The zero-order valence-corrected chi connectivity index (χ0v) is 43.0. The first-order valence-electron chi connectivity index (χ1n) is 26.1. The Hall–Kier alpha value is -10.5. The van der Waals surface area contributed by atoms with Gasteiger partial charge in [-0.3, -0.25) is 0 Å². The summed E-state index contributed by atoms with van der Waals surface area (Å²) in [7, 11) is 0. The lowest BCUT2D eigenvalue weighted by atomic mass is 10.0. The monoisotopic (exact) mass is 1030 g/mol. The van der Waals surface area contributed by atoms with Crippen LogP contribution in [-0.4, -0.2) is 44.7 Å². The smallest absolute Gasteiger partial charge is 0.164 e. The van der Waals surface area contributed by atoms with E-state index in [-0.39, 0.29) is 0 Å². The van der Waals surface area contributed by atoms with Gasteiger partial charge in [0.2, 0.25) is 0 Å². The van der Waals surface area contributed by atoms with Crippen LogP contribution in [-0.2, 0) is 0 Å². The van der Waals surface area contributed by atoms with Crippen LogP contribution in [0, 0.1) is 0 Å². The normalized spacial score (nSPS) is 12.7. The minimum absolute atomic E-state index is 0.600. The Balaban J connectivity index is 0.775. The molecule has 0 radical (unpaired) electrons. The van der Waals surface area contributed by atoms with Crippen LogP contribution in [0.5, 0.6) is 0 Å². The number of hydrogen-bond donors (Lipinski definition) is 1. The first-order valence-corrected chi connectivity index (χ1v) is 26.9. The number of quaternary nitrogens is 1. The number of hydrogen-bond acceptors (Lipinski definition) is 9. The van der Waals surface area contributed by atoms with Gasteiger partial charge in [0.25, 0.3) is 0 Å². The fourth-order valence-corrected chi connectivity index (χ4v) is 11.7. The molecular formula is C68H43N10S+. The summed E-state index contributed by atoms with van der Waals surface area (Å²) in [5.41, 5.74) is 16.4. The lowest BCUT2D eigenvalue weighted by Gasteiger charge is -2.15. The fraction of sp³-hybridized carbons (Fsp3) is 0. The largest absolute Gasteiger partial charge is 0.309 e. The number of nitrogens with one attached hydrogen (secondary N) is 1. The van der Waals surface area contributed by atoms with Crippen LogP contribution in [0.4, 0.5) is 17.1 Å². The maximum Gasteiger partial charge on any atom is 0.164 e. The van der Waals surface area contributed by atoms with Crippen LogP contribution in [0.3, 0.4) is 0 Å². The highest BCUT2D eigenvalue weighted by molar-refractivity contribution is 7.17. The van der Waals surface area contributed by atoms with Crippen LogP contribution < -0.4 is 4.90 Å². The van der Waals surface area contributed by atoms with Gasteiger partial charge in [-0.2, -0.15) is 0 Å². The molecule has 5 heterocycles. The van der Waals surface area contributed by atoms with E-state index in [0.717, 1.165) is 104 Å². The quantitative estimate of drug-likeness (QED) is 0.144. The Morgan fingerprint density at radius 3 is 1.33 bits per heavy atom. The van der Waals surface area contributed by atoms with E-state index >= 15 is 0 Å². The molecule has 11 heteroatoms. The van der Waals surface area contributed by atoms with Gasteiger partial charge in [-0.1, -0.05) is 199 Å². The summed E-state index contributed by atoms with van der Waals surface area (Å²) in [6, 6.07) is 87.9. The molecule has 0 spiro atoms. The summed E-state index contributed by atoms with van der Waals surface area (Å²) in [4.78, 5) is 31.2. The molecule has 1 atom stereocenters. The summed E-state index contributed by atoms with van der Waals surface area (Å²) in [5, 5.41) is 13.7. The standard InChI is InChI=1S/C68H42N10S/c1-5-19-43(20-6-1)61-69-62(44-21-7-2-8-22-44)72-65(71-61)47-27-17-29-51(39-47)77-58-34-16-14-32-54(58)56-41-49(36-38-59(56)77)67-75-76-68(79-67)50-35-37-55-53-31-13-15-33-57(53)78(60(55)42-50)52-30-18-28-48(40-52)66-73-63(45-23-9-3-10-24-45)70-64(74-66)46-25-11-4-12-26-46/h1-42H/p+1. The molecule has 10 nitrogen and oxygen atoms in total. The van der Waals surface area contributed by atoms with Crippen LogP contribution >= 0.6 is 11.3 Å². The molecule has 370 valence electrons. The molecule has 0 fully saturated rings. The average Bonchev–Trinajstić information content (AvgIpc) is 4.44. The maximum absolute atomic E-state index is 5.06. The van der Waals surface area contributed by atoms with E-state index in [1.807, 2.05) is 121 Å². The molecule has 0 saturated heterocycles. The molecule has 10 aromatic carbocycles. The molecule has 0 saturated carbocycles. The molecular weight excluding hydrogens is 989 g/mol. The van der Waals surface area contributed by atoms with Crippen molar-refractivity contribution in [1.82, 2.24) is 44.7 Å².